The minimum absolute atomic E-state index is 0.0250. The Kier molecular flexibility index (Phi) is 11.2. The lowest BCUT2D eigenvalue weighted by atomic mass is 10.0. The number of carbonyl (C=O) groups is 1. The third kappa shape index (κ3) is 10.1. The predicted molar refractivity (Wildman–Crippen MR) is 164 cm³/mol. The van der Waals surface area contributed by atoms with Crippen LogP contribution < -0.4 is 10.1 Å². The molecule has 9 nitrogen and oxygen atoms in total. The molecule has 4 rings (SSSR count). The van der Waals surface area contributed by atoms with Crippen LogP contribution in [0.3, 0.4) is 0 Å². The molecule has 1 unspecified atom stereocenters. The summed E-state index contributed by atoms with van der Waals surface area (Å²) in [4.78, 5) is 18.8. The average Bonchev–Trinajstić information content (AvgIpc) is 3.49. The molecular formula is C33H42N2O7S. The summed E-state index contributed by atoms with van der Waals surface area (Å²) in [6, 6.07) is 24.3. The Bertz CT molecular complexity index is 1410. The molecule has 1 amide bonds. The number of hydroxylamine groups is 1. The Morgan fingerprint density at radius 3 is 2.21 bits per heavy atom. The molecule has 2 N–H and O–H groups in total. The number of aliphatic hydroxyl groups is 1. The summed E-state index contributed by atoms with van der Waals surface area (Å²) in [6.45, 7) is 5.12. The van der Waals surface area contributed by atoms with Crippen molar-refractivity contribution in [1.82, 2.24) is 9.79 Å². The molecular weight excluding hydrogens is 568 g/mol. The number of nitrogens with one attached hydrogen (secondary N) is 1. The van der Waals surface area contributed by atoms with Gasteiger partial charge in [-0.2, -0.15) is 0 Å². The van der Waals surface area contributed by atoms with E-state index in [9.17, 15) is 18.3 Å². The first-order chi connectivity index (χ1) is 20.5. The van der Waals surface area contributed by atoms with E-state index in [2.05, 4.69) is 5.32 Å². The molecule has 3 aromatic rings. The second-order valence-corrected chi connectivity index (χ2v) is 13.6. The normalized spacial score (nSPS) is 15.7. The molecule has 0 saturated heterocycles. The second kappa shape index (κ2) is 14.8. The molecule has 0 aromatic heterocycles. The van der Waals surface area contributed by atoms with E-state index in [1.807, 2.05) is 60.7 Å². The first-order valence-corrected chi connectivity index (χ1v) is 16.1. The number of alkyl carbamates (subject to hydrolysis) is 1. The first-order valence-electron chi connectivity index (χ1n) is 14.7. The number of hydrogen-bond donors (Lipinski definition) is 2. The lowest BCUT2D eigenvalue weighted by molar-refractivity contribution is -0.145. The van der Waals surface area contributed by atoms with Crippen LogP contribution in [-0.2, 0) is 32.6 Å². The third-order valence-corrected chi connectivity index (χ3v) is 8.61. The van der Waals surface area contributed by atoms with E-state index in [0.717, 1.165) is 28.4 Å². The van der Waals surface area contributed by atoms with Crippen molar-refractivity contribution in [2.75, 3.05) is 6.54 Å². The number of aliphatic hydroxyl groups excluding tert-OH is 1. The Morgan fingerprint density at radius 1 is 0.953 bits per heavy atom. The summed E-state index contributed by atoms with van der Waals surface area (Å²) in [7, 11) is -4.23. The fourth-order valence-corrected chi connectivity index (χ4v) is 6.17. The number of hydrogen-bond acceptors (Lipinski definition) is 7. The zero-order chi connectivity index (χ0) is 30.9. The van der Waals surface area contributed by atoms with Crippen LogP contribution in [0.2, 0.25) is 0 Å². The van der Waals surface area contributed by atoms with Crippen molar-refractivity contribution in [2.24, 2.45) is 0 Å². The summed E-state index contributed by atoms with van der Waals surface area (Å²) in [5.41, 5.74) is 1.06. The molecule has 1 fully saturated rings. The highest BCUT2D eigenvalue weighted by atomic mass is 32.2. The van der Waals surface area contributed by atoms with Crippen LogP contribution in [0.5, 0.6) is 5.75 Å². The Balaban J connectivity index is 1.56. The first kappa shape index (κ1) is 32.5. The van der Waals surface area contributed by atoms with Crippen LogP contribution in [0, 0.1) is 0 Å². The number of nitrogens with zero attached hydrogens (tertiary/aromatic N) is 1. The summed E-state index contributed by atoms with van der Waals surface area (Å²) < 4.78 is 40.2. The van der Waals surface area contributed by atoms with E-state index in [4.69, 9.17) is 14.3 Å². The Labute approximate surface area is 254 Å². The van der Waals surface area contributed by atoms with Crippen molar-refractivity contribution in [3.8, 4) is 5.75 Å². The summed E-state index contributed by atoms with van der Waals surface area (Å²) in [5, 5.41) is 14.2. The fraction of sp³-hybridized carbons (Fsp3) is 0.424. The van der Waals surface area contributed by atoms with E-state index in [1.165, 1.54) is 12.1 Å². The molecule has 1 aliphatic rings. The van der Waals surface area contributed by atoms with Crippen molar-refractivity contribution in [2.45, 2.75) is 88.2 Å². The molecule has 0 radical (unpaired) electrons. The molecule has 10 heteroatoms. The smallest absolute Gasteiger partial charge is 0.407 e. The molecule has 3 aromatic carbocycles. The van der Waals surface area contributed by atoms with Gasteiger partial charge in [-0.1, -0.05) is 84.0 Å². The molecule has 0 aliphatic heterocycles. The Morgan fingerprint density at radius 2 is 1.58 bits per heavy atom. The second-order valence-electron chi connectivity index (χ2n) is 11.8. The van der Waals surface area contributed by atoms with Gasteiger partial charge < -0.3 is 19.9 Å². The Hall–Kier alpha value is -3.44. The van der Waals surface area contributed by atoms with Gasteiger partial charge in [-0.15, -0.1) is 0 Å². The SMILES string of the molecule is CC(C)(C)OC(=O)NC(Cc1ccccc1)[C@H](O)CN(OC1CCCC1)S(=O)(=O)c1cccc(OCc2ccccc2)c1. The summed E-state index contributed by atoms with van der Waals surface area (Å²) in [6.07, 6.45) is 1.22. The maximum Gasteiger partial charge on any atom is 0.407 e. The monoisotopic (exact) mass is 610 g/mol. The van der Waals surface area contributed by atoms with Gasteiger partial charge in [0.1, 0.15) is 18.0 Å². The molecule has 43 heavy (non-hydrogen) atoms. The molecule has 1 aliphatic carbocycles. The summed E-state index contributed by atoms with van der Waals surface area (Å²) >= 11 is 0. The van der Waals surface area contributed by atoms with Crippen LogP contribution in [0.15, 0.2) is 89.8 Å². The van der Waals surface area contributed by atoms with Gasteiger partial charge in [0.2, 0.25) is 0 Å². The molecule has 2 atom stereocenters. The lowest BCUT2D eigenvalue weighted by Crippen LogP contribution is -2.51. The molecule has 0 bridgehead atoms. The van der Waals surface area contributed by atoms with Crippen molar-refractivity contribution >= 4 is 16.1 Å². The van der Waals surface area contributed by atoms with Crippen molar-refractivity contribution in [3.63, 3.8) is 0 Å². The van der Waals surface area contributed by atoms with Gasteiger partial charge in [0.25, 0.3) is 10.0 Å². The quantitative estimate of drug-likeness (QED) is 0.241. The molecule has 1 saturated carbocycles. The van der Waals surface area contributed by atoms with Crippen LogP contribution >= 0.6 is 0 Å². The van der Waals surface area contributed by atoms with Gasteiger partial charge in [0.15, 0.2) is 0 Å². The predicted octanol–water partition coefficient (Wildman–Crippen LogP) is 5.63. The van der Waals surface area contributed by atoms with Gasteiger partial charge in [-0.25, -0.2) is 13.2 Å². The van der Waals surface area contributed by atoms with Gasteiger partial charge >= 0.3 is 6.09 Å². The number of amides is 1. The lowest BCUT2D eigenvalue weighted by Gasteiger charge is -2.31. The largest absolute Gasteiger partial charge is 0.489 e. The molecule has 0 heterocycles. The van der Waals surface area contributed by atoms with E-state index in [1.54, 1.807) is 32.9 Å². The number of rotatable bonds is 13. The van der Waals surface area contributed by atoms with Gasteiger partial charge in [-0.05, 0) is 63.3 Å². The molecule has 232 valence electrons. The number of ether oxygens (including phenoxy) is 2. The van der Waals surface area contributed by atoms with Crippen molar-refractivity contribution in [1.29, 1.82) is 0 Å². The zero-order valence-corrected chi connectivity index (χ0v) is 25.8. The van der Waals surface area contributed by atoms with Crippen LogP contribution in [-0.4, -0.2) is 54.5 Å². The van der Waals surface area contributed by atoms with E-state index in [0.29, 0.717) is 18.6 Å². The van der Waals surface area contributed by atoms with Crippen LogP contribution in [0.4, 0.5) is 4.79 Å². The maximum atomic E-state index is 14.0. The van der Waals surface area contributed by atoms with E-state index < -0.39 is 40.4 Å². The standard InChI is InChI=1S/C33H42N2O7S/c1-33(2,3)41-32(37)34-30(21-25-13-6-4-7-14-25)31(36)23-35(42-27-17-10-11-18-27)43(38,39)29-20-12-19-28(22-29)40-24-26-15-8-5-9-16-26/h4-9,12-16,19-20,22,27,30-31,36H,10-11,17-18,21,23-24H2,1-3H3,(H,34,37)/t30?,31-/m1/s1. The van der Waals surface area contributed by atoms with Gasteiger partial charge in [0.05, 0.1) is 29.7 Å². The van der Waals surface area contributed by atoms with Gasteiger partial charge in [-0.3, -0.25) is 4.84 Å². The van der Waals surface area contributed by atoms with Crippen molar-refractivity contribution in [3.05, 3.63) is 96.1 Å². The van der Waals surface area contributed by atoms with E-state index >= 15 is 0 Å². The minimum Gasteiger partial charge on any atom is -0.489 e. The van der Waals surface area contributed by atoms with E-state index in [-0.39, 0.29) is 24.0 Å². The fourth-order valence-electron chi connectivity index (χ4n) is 4.83. The topological polar surface area (TPSA) is 114 Å². The average molecular weight is 611 g/mol. The highest BCUT2D eigenvalue weighted by Gasteiger charge is 2.35. The molecule has 0 spiro atoms. The van der Waals surface area contributed by atoms with Crippen molar-refractivity contribution < 1.29 is 32.6 Å². The highest BCUT2D eigenvalue weighted by molar-refractivity contribution is 7.89. The highest BCUT2D eigenvalue weighted by Crippen LogP contribution is 2.28. The number of carbonyl (C=O) groups excluding carboxylic acids is 1. The number of benzene rings is 3. The zero-order valence-electron chi connectivity index (χ0n) is 25.0. The summed E-state index contributed by atoms with van der Waals surface area (Å²) in [5.74, 6) is 0.389. The number of sulfonamides is 1. The van der Waals surface area contributed by atoms with Crippen LogP contribution in [0.1, 0.15) is 57.6 Å². The maximum absolute atomic E-state index is 14.0. The third-order valence-electron chi connectivity index (χ3n) is 6.99. The van der Waals surface area contributed by atoms with Crippen LogP contribution in [0.25, 0.3) is 0 Å². The minimum atomic E-state index is -4.23. The van der Waals surface area contributed by atoms with Gasteiger partial charge in [0, 0.05) is 6.07 Å².